The van der Waals surface area contributed by atoms with Crippen molar-refractivity contribution in [3.05, 3.63) is 94.0 Å². The lowest BCUT2D eigenvalue weighted by atomic mass is 10.1. The van der Waals surface area contributed by atoms with E-state index in [1.54, 1.807) is 60.7 Å². The van der Waals surface area contributed by atoms with Crippen LogP contribution in [0, 0.1) is 0 Å². The van der Waals surface area contributed by atoms with Crippen molar-refractivity contribution in [2.75, 3.05) is 36.8 Å². The van der Waals surface area contributed by atoms with Gasteiger partial charge in [-0.2, -0.15) is 0 Å². The number of halogens is 1. The molecule has 0 bridgehead atoms. The molecule has 0 aliphatic carbocycles. The number of rotatable bonds is 10. The average Bonchev–Trinajstić information content (AvgIpc) is 3.76. The Morgan fingerprint density at radius 2 is 0.957 bits per heavy atom. The van der Waals surface area contributed by atoms with Crippen molar-refractivity contribution in [1.82, 2.24) is 21.3 Å². The van der Waals surface area contributed by atoms with Gasteiger partial charge in [0.2, 0.25) is 0 Å². The zero-order valence-electron chi connectivity index (χ0n) is 26.7. The number of hydrogen-bond acceptors (Lipinski definition) is 8. The molecule has 12 nitrogen and oxygen atoms in total. The van der Waals surface area contributed by atoms with Gasteiger partial charge in [0.15, 0.2) is 0 Å². The molecule has 0 radical (unpaired) electrons. The molecule has 0 unspecified atom stereocenters. The summed E-state index contributed by atoms with van der Waals surface area (Å²) >= 11 is 0. The molecule has 47 heavy (non-hydrogen) atoms. The minimum Gasteiger partial charge on any atom is -0.368 e. The first-order chi connectivity index (χ1) is 22.0. The predicted molar refractivity (Wildman–Crippen MR) is 186 cm³/mol. The van der Waals surface area contributed by atoms with Gasteiger partial charge in [-0.15, -0.1) is 12.4 Å². The molecule has 2 heterocycles. The first-order valence-corrected chi connectivity index (χ1v) is 15.3. The first-order valence-electron chi connectivity index (χ1n) is 15.3. The van der Waals surface area contributed by atoms with E-state index in [0.717, 1.165) is 0 Å². The van der Waals surface area contributed by atoms with E-state index >= 15 is 0 Å². The minimum absolute atomic E-state index is 0. The van der Waals surface area contributed by atoms with Gasteiger partial charge in [-0.05, 0) is 88.4 Å². The molecule has 2 aliphatic heterocycles. The van der Waals surface area contributed by atoms with Gasteiger partial charge in [-0.1, -0.05) is 0 Å². The Bertz CT molecular complexity index is 1610. The summed E-state index contributed by atoms with van der Waals surface area (Å²) in [4.78, 5) is 60.9. The summed E-state index contributed by atoms with van der Waals surface area (Å²) in [5.41, 5.74) is 3.71. The summed E-state index contributed by atoms with van der Waals surface area (Å²) in [6, 6.07) is 16.4. The average molecular weight is 659 g/mol. The topological polar surface area (TPSA) is 165 Å². The Labute approximate surface area is 279 Å². The fourth-order valence-corrected chi connectivity index (χ4v) is 4.99. The van der Waals surface area contributed by atoms with E-state index < -0.39 is 11.8 Å². The molecule has 5 rings (SSSR count). The van der Waals surface area contributed by atoms with Crippen LogP contribution >= 0.6 is 12.4 Å². The lowest BCUT2D eigenvalue weighted by Crippen LogP contribution is -2.30. The summed E-state index contributed by atoms with van der Waals surface area (Å²) in [7, 11) is 0. The highest BCUT2D eigenvalue weighted by Gasteiger charge is 2.18. The van der Waals surface area contributed by atoms with E-state index in [1.165, 1.54) is 0 Å². The molecule has 2 aliphatic rings. The molecule has 0 saturated carbocycles. The maximum Gasteiger partial charge on any atom is 0.255 e. The van der Waals surface area contributed by atoms with Crippen LogP contribution in [0.15, 0.2) is 70.6 Å². The van der Waals surface area contributed by atoms with Crippen LogP contribution in [0.4, 0.5) is 11.4 Å². The van der Waals surface area contributed by atoms with Crippen LogP contribution in [-0.4, -0.2) is 73.6 Å². The zero-order chi connectivity index (χ0) is 32.8. The van der Waals surface area contributed by atoms with Crippen molar-refractivity contribution in [2.24, 2.45) is 9.98 Å². The van der Waals surface area contributed by atoms with Gasteiger partial charge in [0.25, 0.3) is 23.6 Å². The maximum absolute atomic E-state index is 13.2. The number of benzene rings is 3. The summed E-state index contributed by atoms with van der Waals surface area (Å²) in [5.74, 6) is 0.00327. The zero-order valence-corrected chi connectivity index (χ0v) is 27.5. The van der Waals surface area contributed by atoms with E-state index in [9.17, 15) is 19.2 Å². The SMILES string of the molecule is CC(C)NC(=O)c1cc(NC(=O)c2ccc(C(=O)Nc3cc(C(=O)NC(C)C)cc(C4=NCCN4)c3)cc2)cc(C2=NCCN2)c1.Cl. The van der Waals surface area contributed by atoms with E-state index in [0.29, 0.717) is 82.6 Å². The smallest absolute Gasteiger partial charge is 0.255 e. The monoisotopic (exact) mass is 658 g/mol. The van der Waals surface area contributed by atoms with Crippen LogP contribution < -0.4 is 31.9 Å². The first kappa shape index (κ1) is 34.6. The van der Waals surface area contributed by atoms with Crippen molar-refractivity contribution in [2.45, 2.75) is 39.8 Å². The fraction of sp³-hybridized carbons (Fsp3) is 0.294. The van der Waals surface area contributed by atoms with Crippen molar-refractivity contribution < 1.29 is 19.2 Å². The van der Waals surface area contributed by atoms with E-state index in [-0.39, 0.29) is 36.3 Å². The van der Waals surface area contributed by atoms with E-state index in [4.69, 9.17) is 0 Å². The second-order valence-electron chi connectivity index (χ2n) is 11.7. The van der Waals surface area contributed by atoms with Gasteiger partial charge in [0, 0.05) is 69.9 Å². The highest BCUT2D eigenvalue weighted by Crippen LogP contribution is 2.20. The molecule has 3 aromatic rings. The van der Waals surface area contributed by atoms with Crippen molar-refractivity contribution >= 4 is 59.1 Å². The lowest BCUT2D eigenvalue weighted by Gasteiger charge is -2.14. The van der Waals surface area contributed by atoms with Gasteiger partial charge in [0.05, 0.1) is 13.1 Å². The Balaban J connectivity index is 0.00000500. The standard InChI is InChI=1S/C34H38N8O4.ClH/c1-19(2)39-33(45)25-13-23(29-35-9-10-36-29)15-27(17-25)41-31(43)21-5-7-22(8-6-21)32(44)42-28-16-24(30-37-11-12-38-30)14-26(18-28)34(46)40-20(3)4;/h5-8,13-20H,9-12H2,1-4H3,(H,35,36)(H,37,38)(H,39,45)(H,40,46)(H,41,43)(H,42,44);1H. The third kappa shape index (κ3) is 8.95. The highest BCUT2D eigenvalue weighted by molar-refractivity contribution is 6.10. The van der Waals surface area contributed by atoms with Crippen molar-refractivity contribution in [3.63, 3.8) is 0 Å². The number of amides is 4. The largest absolute Gasteiger partial charge is 0.368 e. The lowest BCUT2D eigenvalue weighted by molar-refractivity contribution is 0.0934. The third-order valence-electron chi connectivity index (χ3n) is 7.05. The van der Waals surface area contributed by atoms with Crippen molar-refractivity contribution in [3.8, 4) is 0 Å². The second kappa shape index (κ2) is 15.4. The molecule has 0 saturated heterocycles. The van der Waals surface area contributed by atoms with Crippen LogP contribution in [0.5, 0.6) is 0 Å². The molecule has 0 fully saturated rings. The molecule has 3 aromatic carbocycles. The van der Waals surface area contributed by atoms with Gasteiger partial charge in [-0.25, -0.2) is 0 Å². The fourth-order valence-electron chi connectivity index (χ4n) is 4.99. The number of anilines is 2. The van der Waals surface area contributed by atoms with Gasteiger partial charge in [-0.3, -0.25) is 29.2 Å². The molecular formula is C34H39ClN8O4. The number of hydrogen-bond donors (Lipinski definition) is 6. The van der Waals surface area contributed by atoms with Crippen LogP contribution in [0.2, 0.25) is 0 Å². The number of aliphatic imine (C=N–C) groups is 2. The molecule has 0 aromatic heterocycles. The number of carbonyl (C=O) groups is 4. The molecule has 0 spiro atoms. The van der Waals surface area contributed by atoms with Gasteiger partial charge in [0.1, 0.15) is 11.7 Å². The number of amidine groups is 2. The Morgan fingerprint density at radius 1 is 0.574 bits per heavy atom. The van der Waals surface area contributed by atoms with Crippen molar-refractivity contribution in [1.29, 1.82) is 0 Å². The highest BCUT2D eigenvalue weighted by atomic mass is 35.5. The Hall–Kier alpha value is -5.23. The Kier molecular flexibility index (Phi) is 11.3. The summed E-state index contributed by atoms with van der Waals surface area (Å²) in [6.07, 6.45) is 0. The van der Waals surface area contributed by atoms with Crippen LogP contribution in [0.3, 0.4) is 0 Å². The molecule has 246 valence electrons. The van der Waals surface area contributed by atoms with Gasteiger partial charge < -0.3 is 31.9 Å². The quantitative estimate of drug-likeness (QED) is 0.195. The number of nitrogens with zero attached hydrogens (tertiary/aromatic N) is 2. The molecule has 6 N–H and O–H groups in total. The normalized spacial score (nSPS) is 13.5. The minimum atomic E-state index is -0.404. The van der Waals surface area contributed by atoms with Crippen LogP contribution in [0.1, 0.15) is 80.3 Å². The maximum atomic E-state index is 13.2. The molecule has 13 heteroatoms. The molecule has 4 amide bonds. The predicted octanol–water partition coefficient (Wildman–Crippen LogP) is 3.59. The summed E-state index contributed by atoms with van der Waals surface area (Å²) in [5, 5.41) is 17.9. The van der Waals surface area contributed by atoms with E-state index in [2.05, 4.69) is 41.9 Å². The van der Waals surface area contributed by atoms with Gasteiger partial charge >= 0.3 is 0 Å². The summed E-state index contributed by atoms with van der Waals surface area (Å²) in [6.45, 7) is 10.2. The third-order valence-corrected chi connectivity index (χ3v) is 7.05. The molecular weight excluding hydrogens is 620 g/mol. The number of carbonyl (C=O) groups excluding carboxylic acids is 4. The molecule has 0 atom stereocenters. The van der Waals surface area contributed by atoms with E-state index in [1.807, 2.05) is 27.7 Å². The van der Waals surface area contributed by atoms with Crippen LogP contribution in [0.25, 0.3) is 0 Å². The summed E-state index contributed by atoms with van der Waals surface area (Å²) < 4.78 is 0. The van der Waals surface area contributed by atoms with Crippen LogP contribution in [-0.2, 0) is 0 Å². The second-order valence-corrected chi connectivity index (χ2v) is 11.7. The number of nitrogens with one attached hydrogen (secondary N) is 6. The Morgan fingerprint density at radius 3 is 1.28 bits per heavy atom.